The molecule has 0 nitrogen and oxygen atoms in total. The van der Waals surface area contributed by atoms with Crippen molar-refractivity contribution >= 4 is 10.8 Å². The van der Waals surface area contributed by atoms with Gasteiger partial charge in [-0.3, -0.25) is 0 Å². The van der Waals surface area contributed by atoms with Gasteiger partial charge in [0.1, 0.15) is 0 Å². The Kier molecular flexibility index (Phi) is 5.44. The van der Waals surface area contributed by atoms with Crippen LogP contribution in [0.1, 0.15) is 56.6 Å². The molecule has 0 heterocycles. The van der Waals surface area contributed by atoms with Crippen molar-refractivity contribution in [2.45, 2.75) is 58.8 Å². The Morgan fingerprint density at radius 2 is 1.53 bits per heavy atom. The molecule has 19 heavy (non-hydrogen) atoms. The average Bonchev–Trinajstić information content (AvgIpc) is 2.45. The molecular weight excluding hydrogens is 228 g/mol. The quantitative estimate of drug-likeness (QED) is 0.527. The first-order valence-electron chi connectivity index (χ1n) is 7.80. The molecule has 2 rings (SSSR count). The Morgan fingerprint density at radius 3 is 2.37 bits per heavy atom. The Hall–Kier alpha value is -1.30. The van der Waals surface area contributed by atoms with E-state index in [-0.39, 0.29) is 0 Å². The summed E-state index contributed by atoms with van der Waals surface area (Å²) in [5, 5.41) is 2.79. The largest absolute Gasteiger partial charge is 0.0654 e. The van der Waals surface area contributed by atoms with E-state index in [0.29, 0.717) is 0 Å². The Balaban J connectivity index is 1.92. The van der Waals surface area contributed by atoms with Gasteiger partial charge in [0.15, 0.2) is 0 Å². The van der Waals surface area contributed by atoms with Crippen LogP contribution in [0.3, 0.4) is 0 Å². The van der Waals surface area contributed by atoms with Crippen LogP contribution in [0.5, 0.6) is 0 Å². The molecule has 0 heteroatoms. The highest BCUT2D eigenvalue weighted by molar-refractivity contribution is 5.86. The number of rotatable bonds is 7. The minimum absolute atomic E-state index is 1.24. The maximum absolute atomic E-state index is 2.32. The highest BCUT2D eigenvalue weighted by Crippen LogP contribution is 2.23. The van der Waals surface area contributed by atoms with E-state index in [1.807, 2.05) is 0 Å². The first-order chi connectivity index (χ1) is 9.33. The van der Waals surface area contributed by atoms with Gasteiger partial charge in [0.05, 0.1) is 0 Å². The molecule has 0 unspecified atom stereocenters. The predicted molar refractivity (Wildman–Crippen MR) is 85.8 cm³/mol. The van der Waals surface area contributed by atoms with Crippen LogP contribution in [0.15, 0.2) is 36.4 Å². The zero-order valence-electron chi connectivity index (χ0n) is 12.4. The number of benzene rings is 2. The van der Waals surface area contributed by atoms with E-state index >= 15 is 0 Å². The lowest BCUT2D eigenvalue weighted by molar-refractivity contribution is 0.607. The average molecular weight is 254 g/mol. The standard InChI is InChI=1S/C19H26/c1-3-4-5-6-7-8-11-17-14-15-18-12-9-10-13-19(18)16(17)2/h9-10,12-15H,3-8,11H2,1-2H3. The van der Waals surface area contributed by atoms with Gasteiger partial charge in [-0.05, 0) is 41.7 Å². The number of unbranched alkanes of at least 4 members (excludes halogenated alkanes) is 5. The van der Waals surface area contributed by atoms with Crippen molar-refractivity contribution in [1.82, 2.24) is 0 Å². The second kappa shape index (κ2) is 7.33. The van der Waals surface area contributed by atoms with Crippen LogP contribution in [-0.4, -0.2) is 0 Å². The van der Waals surface area contributed by atoms with Crippen LogP contribution in [0.2, 0.25) is 0 Å². The zero-order valence-corrected chi connectivity index (χ0v) is 12.4. The summed E-state index contributed by atoms with van der Waals surface area (Å²) in [6, 6.07) is 13.3. The summed E-state index contributed by atoms with van der Waals surface area (Å²) in [4.78, 5) is 0. The van der Waals surface area contributed by atoms with Crippen LogP contribution in [0.4, 0.5) is 0 Å². The first kappa shape index (κ1) is 14.1. The van der Waals surface area contributed by atoms with Crippen LogP contribution in [0, 0.1) is 6.92 Å². The molecule has 0 aliphatic carbocycles. The molecule has 2 aromatic rings. The summed E-state index contributed by atoms with van der Waals surface area (Å²) in [6.45, 7) is 4.55. The highest BCUT2D eigenvalue weighted by atomic mass is 14.1. The number of hydrogen-bond donors (Lipinski definition) is 0. The summed E-state index contributed by atoms with van der Waals surface area (Å²) in [5.74, 6) is 0. The lowest BCUT2D eigenvalue weighted by atomic mass is 9.96. The number of hydrogen-bond acceptors (Lipinski definition) is 0. The molecule has 0 aliphatic heterocycles. The van der Waals surface area contributed by atoms with Gasteiger partial charge in [-0.15, -0.1) is 0 Å². The smallest absolute Gasteiger partial charge is 0.0152 e. The highest BCUT2D eigenvalue weighted by Gasteiger charge is 2.02. The second-order valence-electron chi connectivity index (χ2n) is 5.59. The maximum Gasteiger partial charge on any atom is -0.0152 e. The van der Waals surface area contributed by atoms with Gasteiger partial charge >= 0.3 is 0 Å². The van der Waals surface area contributed by atoms with Crippen LogP contribution >= 0.6 is 0 Å². The third-order valence-electron chi connectivity index (χ3n) is 4.11. The van der Waals surface area contributed by atoms with E-state index in [4.69, 9.17) is 0 Å². The van der Waals surface area contributed by atoms with E-state index in [2.05, 4.69) is 50.2 Å². The van der Waals surface area contributed by atoms with Gasteiger partial charge in [-0.2, -0.15) is 0 Å². The Labute approximate surface area is 117 Å². The van der Waals surface area contributed by atoms with Crippen molar-refractivity contribution in [3.63, 3.8) is 0 Å². The van der Waals surface area contributed by atoms with Gasteiger partial charge in [0.25, 0.3) is 0 Å². The molecule has 0 radical (unpaired) electrons. The third kappa shape index (κ3) is 3.83. The minimum Gasteiger partial charge on any atom is -0.0654 e. The fraction of sp³-hybridized carbons (Fsp3) is 0.474. The first-order valence-corrected chi connectivity index (χ1v) is 7.80. The molecule has 0 aliphatic rings. The molecule has 0 amide bonds. The van der Waals surface area contributed by atoms with Crippen LogP contribution < -0.4 is 0 Å². The topological polar surface area (TPSA) is 0 Å². The molecule has 0 N–H and O–H groups in total. The van der Waals surface area contributed by atoms with E-state index in [9.17, 15) is 0 Å². The molecule has 2 aromatic carbocycles. The van der Waals surface area contributed by atoms with Crippen molar-refractivity contribution < 1.29 is 0 Å². The maximum atomic E-state index is 2.32. The Morgan fingerprint density at radius 1 is 0.789 bits per heavy atom. The lowest BCUT2D eigenvalue weighted by Gasteiger charge is -2.09. The fourth-order valence-electron chi connectivity index (χ4n) is 2.84. The van der Waals surface area contributed by atoms with Gasteiger partial charge < -0.3 is 0 Å². The summed E-state index contributed by atoms with van der Waals surface area (Å²) in [7, 11) is 0. The number of aryl methyl sites for hydroxylation is 2. The summed E-state index contributed by atoms with van der Waals surface area (Å²) >= 11 is 0. The predicted octanol–water partition coefficient (Wildman–Crippen LogP) is 6.05. The molecule has 0 atom stereocenters. The molecule has 0 fully saturated rings. The van der Waals surface area contributed by atoms with Gasteiger partial charge in [0.2, 0.25) is 0 Å². The molecule has 0 saturated heterocycles. The monoisotopic (exact) mass is 254 g/mol. The van der Waals surface area contributed by atoms with Crippen molar-refractivity contribution in [2.24, 2.45) is 0 Å². The zero-order chi connectivity index (χ0) is 13.5. The van der Waals surface area contributed by atoms with E-state index in [0.717, 1.165) is 0 Å². The number of fused-ring (bicyclic) bond motifs is 1. The van der Waals surface area contributed by atoms with E-state index in [1.54, 1.807) is 0 Å². The lowest BCUT2D eigenvalue weighted by Crippen LogP contribution is -1.91. The Bertz CT molecular complexity index is 510. The van der Waals surface area contributed by atoms with Gasteiger partial charge in [0, 0.05) is 0 Å². The van der Waals surface area contributed by atoms with Crippen molar-refractivity contribution in [3.05, 3.63) is 47.5 Å². The summed E-state index contributed by atoms with van der Waals surface area (Å²) in [6.07, 6.45) is 9.50. The SMILES string of the molecule is CCCCCCCCc1ccc2ccccc2c1C. The van der Waals surface area contributed by atoms with Gasteiger partial charge in [-0.25, -0.2) is 0 Å². The van der Waals surface area contributed by atoms with E-state index in [1.165, 1.54) is 66.8 Å². The van der Waals surface area contributed by atoms with Crippen molar-refractivity contribution in [1.29, 1.82) is 0 Å². The summed E-state index contributed by atoms with van der Waals surface area (Å²) < 4.78 is 0. The fourth-order valence-corrected chi connectivity index (χ4v) is 2.84. The molecule has 0 bridgehead atoms. The molecule has 0 spiro atoms. The third-order valence-corrected chi connectivity index (χ3v) is 4.11. The van der Waals surface area contributed by atoms with Crippen molar-refractivity contribution in [3.8, 4) is 0 Å². The minimum atomic E-state index is 1.24. The second-order valence-corrected chi connectivity index (χ2v) is 5.59. The van der Waals surface area contributed by atoms with E-state index < -0.39 is 0 Å². The summed E-state index contributed by atoms with van der Waals surface area (Å²) in [5.41, 5.74) is 3.01. The molecule has 0 saturated carbocycles. The molecule has 0 aromatic heterocycles. The molecule has 102 valence electrons. The molecular formula is C19H26. The van der Waals surface area contributed by atoms with Gasteiger partial charge in [-0.1, -0.05) is 75.4 Å². The normalized spacial score (nSPS) is 11.1. The van der Waals surface area contributed by atoms with Crippen LogP contribution in [0.25, 0.3) is 10.8 Å². The van der Waals surface area contributed by atoms with Crippen molar-refractivity contribution in [2.75, 3.05) is 0 Å². The van der Waals surface area contributed by atoms with Crippen LogP contribution in [-0.2, 0) is 6.42 Å².